The SMILES string of the molecule is Cc1ccc(S(=O)(=O)N(CC(=O)Nc2ccc(Cl)c(Cl)c2)C(=O)N2CCN(C)CC2)cc1. The number of carbonyl (C=O) groups excluding carboxylic acids is 2. The van der Waals surface area contributed by atoms with Gasteiger partial charge in [-0.2, -0.15) is 0 Å². The molecular weight excluding hydrogens is 475 g/mol. The lowest BCUT2D eigenvalue weighted by atomic mass is 10.2. The quantitative estimate of drug-likeness (QED) is 0.682. The summed E-state index contributed by atoms with van der Waals surface area (Å²) in [7, 11) is -2.34. The van der Waals surface area contributed by atoms with Gasteiger partial charge in [0.05, 0.1) is 14.9 Å². The lowest BCUT2D eigenvalue weighted by Crippen LogP contribution is -2.54. The average molecular weight is 499 g/mol. The molecule has 11 heteroatoms. The minimum Gasteiger partial charge on any atom is -0.324 e. The maximum absolute atomic E-state index is 13.3. The number of likely N-dealkylation sites (N-methyl/N-ethyl adjacent to an activating group) is 1. The maximum Gasteiger partial charge on any atom is 0.334 e. The highest BCUT2D eigenvalue weighted by atomic mass is 35.5. The molecule has 0 radical (unpaired) electrons. The van der Waals surface area contributed by atoms with E-state index >= 15 is 0 Å². The van der Waals surface area contributed by atoms with Crippen LogP contribution < -0.4 is 5.32 Å². The number of benzene rings is 2. The van der Waals surface area contributed by atoms with Crippen LogP contribution in [0.2, 0.25) is 10.0 Å². The number of hydrogen-bond acceptors (Lipinski definition) is 5. The molecule has 0 spiro atoms. The fourth-order valence-electron chi connectivity index (χ4n) is 3.15. The van der Waals surface area contributed by atoms with Gasteiger partial charge >= 0.3 is 6.03 Å². The fraction of sp³-hybridized carbons (Fsp3) is 0.333. The van der Waals surface area contributed by atoms with Gasteiger partial charge in [-0.25, -0.2) is 17.5 Å². The molecule has 2 aromatic carbocycles. The van der Waals surface area contributed by atoms with Crippen LogP contribution in [0.3, 0.4) is 0 Å². The second-order valence-corrected chi connectivity index (χ2v) is 10.3. The number of carbonyl (C=O) groups is 2. The Labute approximate surface area is 197 Å². The molecule has 0 bridgehead atoms. The first-order chi connectivity index (χ1) is 15.1. The Balaban J connectivity index is 1.87. The number of piperazine rings is 1. The van der Waals surface area contributed by atoms with E-state index in [-0.39, 0.29) is 9.92 Å². The minimum atomic E-state index is -4.26. The van der Waals surface area contributed by atoms with Crippen LogP contribution in [0.4, 0.5) is 10.5 Å². The van der Waals surface area contributed by atoms with Crippen molar-refractivity contribution in [2.75, 3.05) is 45.1 Å². The summed E-state index contributed by atoms with van der Waals surface area (Å²) in [5, 5.41) is 3.13. The van der Waals surface area contributed by atoms with Crippen LogP contribution in [0, 0.1) is 6.92 Å². The number of sulfonamides is 1. The van der Waals surface area contributed by atoms with Crippen molar-refractivity contribution >= 4 is 50.9 Å². The molecule has 2 aromatic rings. The second-order valence-electron chi connectivity index (χ2n) is 7.57. The normalized spacial score (nSPS) is 14.8. The topological polar surface area (TPSA) is 90.0 Å². The van der Waals surface area contributed by atoms with Gasteiger partial charge in [-0.15, -0.1) is 0 Å². The molecule has 3 amide bonds. The zero-order valence-corrected chi connectivity index (χ0v) is 20.0. The van der Waals surface area contributed by atoms with Crippen LogP contribution in [-0.4, -0.2) is 74.2 Å². The van der Waals surface area contributed by atoms with E-state index < -0.39 is 28.5 Å². The van der Waals surface area contributed by atoms with E-state index in [1.807, 2.05) is 18.9 Å². The van der Waals surface area contributed by atoms with E-state index in [0.29, 0.717) is 41.2 Å². The van der Waals surface area contributed by atoms with Gasteiger partial charge in [0, 0.05) is 31.9 Å². The minimum absolute atomic E-state index is 0.0621. The molecule has 0 aromatic heterocycles. The van der Waals surface area contributed by atoms with Crippen LogP contribution in [0.1, 0.15) is 5.56 Å². The van der Waals surface area contributed by atoms with Gasteiger partial charge in [-0.05, 0) is 44.3 Å². The molecule has 1 aliphatic rings. The van der Waals surface area contributed by atoms with Crippen molar-refractivity contribution in [1.82, 2.24) is 14.1 Å². The Kier molecular flexibility index (Phi) is 7.66. The molecule has 1 aliphatic heterocycles. The van der Waals surface area contributed by atoms with Crippen LogP contribution in [0.25, 0.3) is 0 Å². The number of urea groups is 1. The monoisotopic (exact) mass is 498 g/mol. The van der Waals surface area contributed by atoms with E-state index in [4.69, 9.17) is 23.2 Å². The molecule has 0 unspecified atom stereocenters. The Morgan fingerprint density at radius 2 is 1.62 bits per heavy atom. The molecule has 1 saturated heterocycles. The Bertz CT molecular complexity index is 1100. The molecule has 1 fully saturated rings. The largest absolute Gasteiger partial charge is 0.334 e. The Morgan fingerprint density at radius 3 is 2.22 bits per heavy atom. The summed E-state index contributed by atoms with van der Waals surface area (Å²) in [6.07, 6.45) is 0. The number of hydrogen-bond donors (Lipinski definition) is 1. The molecule has 1 N–H and O–H groups in total. The third-order valence-corrected chi connectivity index (χ3v) is 7.56. The zero-order valence-electron chi connectivity index (χ0n) is 17.7. The fourth-order valence-corrected chi connectivity index (χ4v) is 4.79. The van der Waals surface area contributed by atoms with Gasteiger partial charge in [0.15, 0.2) is 0 Å². The average Bonchev–Trinajstić information content (AvgIpc) is 2.75. The third kappa shape index (κ3) is 5.72. The molecule has 0 atom stereocenters. The van der Waals surface area contributed by atoms with E-state index in [2.05, 4.69) is 5.32 Å². The molecule has 0 aliphatic carbocycles. The first-order valence-electron chi connectivity index (χ1n) is 9.89. The van der Waals surface area contributed by atoms with E-state index in [1.165, 1.54) is 35.2 Å². The summed E-state index contributed by atoms with van der Waals surface area (Å²) >= 11 is 11.9. The lowest BCUT2D eigenvalue weighted by Gasteiger charge is -2.35. The van der Waals surface area contributed by atoms with Crippen LogP contribution >= 0.6 is 23.2 Å². The van der Waals surface area contributed by atoms with E-state index in [0.717, 1.165) is 5.56 Å². The number of halogens is 2. The van der Waals surface area contributed by atoms with Crippen LogP contribution in [0.15, 0.2) is 47.4 Å². The number of amides is 3. The van der Waals surface area contributed by atoms with Crippen LogP contribution in [-0.2, 0) is 14.8 Å². The van der Waals surface area contributed by atoms with Gasteiger partial charge in [-0.1, -0.05) is 40.9 Å². The molecule has 3 rings (SSSR count). The molecule has 8 nitrogen and oxygen atoms in total. The highest BCUT2D eigenvalue weighted by Gasteiger charge is 2.35. The number of nitrogens with one attached hydrogen (secondary N) is 1. The van der Waals surface area contributed by atoms with Gasteiger partial charge in [0.1, 0.15) is 6.54 Å². The lowest BCUT2D eigenvalue weighted by molar-refractivity contribution is -0.116. The van der Waals surface area contributed by atoms with Gasteiger partial charge < -0.3 is 15.1 Å². The number of aryl methyl sites for hydroxylation is 1. The smallest absolute Gasteiger partial charge is 0.324 e. The van der Waals surface area contributed by atoms with E-state index in [1.54, 1.807) is 12.1 Å². The summed E-state index contributed by atoms with van der Waals surface area (Å²) in [5.74, 6) is -0.679. The van der Waals surface area contributed by atoms with Crippen molar-refractivity contribution in [3.63, 3.8) is 0 Å². The van der Waals surface area contributed by atoms with Crippen LogP contribution in [0.5, 0.6) is 0 Å². The maximum atomic E-state index is 13.3. The molecule has 1 heterocycles. The molecule has 32 heavy (non-hydrogen) atoms. The molecule has 0 saturated carbocycles. The third-order valence-electron chi connectivity index (χ3n) is 5.09. The summed E-state index contributed by atoms with van der Waals surface area (Å²) in [6.45, 7) is 3.10. The van der Waals surface area contributed by atoms with Crippen molar-refractivity contribution in [3.8, 4) is 0 Å². The van der Waals surface area contributed by atoms with Gasteiger partial charge in [-0.3, -0.25) is 4.79 Å². The Hall–Kier alpha value is -2.33. The summed E-state index contributed by atoms with van der Waals surface area (Å²) < 4.78 is 27.3. The molecule has 172 valence electrons. The number of rotatable bonds is 5. The number of anilines is 1. The van der Waals surface area contributed by atoms with Crippen molar-refractivity contribution < 1.29 is 18.0 Å². The second kappa shape index (κ2) is 10.1. The number of nitrogens with zero attached hydrogens (tertiary/aromatic N) is 3. The summed E-state index contributed by atoms with van der Waals surface area (Å²) in [6, 6.07) is 9.88. The standard InChI is InChI=1S/C21H24Cl2N4O4S/c1-15-3-6-17(7-4-15)32(30,31)27(21(29)26-11-9-25(2)10-12-26)14-20(28)24-16-5-8-18(22)19(23)13-16/h3-8,13H,9-12,14H2,1-2H3,(H,24,28). The predicted molar refractivity (Wildman–Crippen MR) is 125 cm³/mol. The van der Waals surface area contributed by atoms with Gasteiger partial charge in [0.25, 0.3) is 10.0 Å². The van der Waals surface area contributed by atoms with Crippen molar-refractivity contribution in [1.29, 1.82) is 0 Å². The first kappa shape index (κ1) is 24.3. The first-order valence-corrected chi connectivity index (χ1v) is 12.1. The molecular formula is C21H24Cl2N4O4S. The summed E-state index contributed by atoms with van der Waals surface area (Å²) in [4.78, 5) is 29.4. The Morgan fingerprint density at radius 1 is 1.00 bits per heavy atom. The predicted octanol–water partition coefficient (Wildman–Crippen LogP) is 3.30. The van der Waals surface area contributed by atoms with Gasteiger partial charge in [0.2, 0.25) is 5.91 Å². The zero-order chi connectivity index (χ0) is 23.5. The highest BCUT2D eigenvalue weighted by Crippen LogP contribution is 2.25. The van der Waals surface area contributed by atoms with E-state index in [9.17, 15) is 18.0 Å². The van der Waals surface area contributed by atoms with Crippen molar-refractivity contribution in [2.45, 2.75) is 11.8 Å². The van der Waals surface area contributed by atoms with Crippen molar-refractivity contribution in [3.05, 3.63) is 58.1 Å². The van der Waals surface area contributed by atoms with Crippen molar-refractivity contribution in [2.24, 2.45) is 0 Å². The highest BCUT2D eigenvalue weighted by molar-refractivity contribution is 7.89. The summed E-state index contributed by atoms with van der Waals surface area (Å²) in [5.41, 5.74) is 1.21.